The summed E-state index contributed by atoms with van der Waals surface area (Å²) in [6.07, 6.45) is 2.95. The number of aliphatic hydroxyl groups is 1. The van der Waals surface area contributed by atoms with E-state index < -0.39 is 11.6 Å². The molecule has 1 saturated heterocycles. The van der Waals surface area contributed by atoms with Gasteiger partial charge in [0.05, 0.1) is 6.61 Å². The molecule has 0 spiro atoms. The van der Waals surface area contributed by atoms with E-state index in [4.69, 9.17) is 11.5 Å². The maximum Gasteiger partial charge on any atom is 0.126 e. The van der Waals surface area contributed by atoms with E-state index in [2.05, 4.69) is 4.90 Å². The van der Waals surface area contributed by atoms with Crippen molar-refractivity contribution in [2.75, 3.05) is 19.7 Å². The maximum absolute atomic E-state index is 13.7. The standard InChI is InChI=1S/C18H27F2N3O/c19-14-1-2-18(20)11(3-14)4-16(22)7-17(10-24)23-8-12-5-15(21)6-13(12)9-23/h1-3,12-13,15-17,24H,4-10,21-22H2. The molecule has 5 N–H and O–H groups in total. The minimum Gasteiger partial charge on any atom is -0.395 e. The highest BCUT2D eigenvalue weighted by molar-refractivity contribution is 5.19. The molecule has 0 radical (unpaired) electrons. The summed E-state index contributed by atoms with van der Waals surface area (Å²) in [7, 11) is 0. The average Bonchev–Trinajstić information content (AvgIpc) is 3.05. The Balaban J connectivity index is 1.56. The van der Waals surface area contributed by atoms with Crippen molar-refractivity contribution >= 4 is 0 Å². The van der Waals surface area contributed by atoms with Gasteiger partial charge in [0.15, 0.2) is 0 Å². The second-order valence-electron chi connectivity index (χ2n) is 7.48. The van der Waals surface area contributed by atoms with Crippen LogP contribution in [0.5, 0.6) is 0 Å². The molecule has 0 amide bonds. The van der Waals surface area contributed by atoms with Crippen LogP contribution in [0.4, 0.5) is 8.78 Å². The highest BCUT2D eigenvalue weighted by Gasteiger charge is 2.41. The van der Waals surface area contributed by atoms with Crippen molar-refractivity contribution in [2.45, 2.75) is 43.8 Å². The number of nitrogens with two attached hydrogens (primary N) is 2. The van der Waals surface area contributed by atoms with Crippen molar-refractivity contribution < 1.29 is 13.9 Å². The van der Waals surface area contributed by atoms with E-state index in [1.807, 2.05) is 0 Å². The highest BCUT2D eigenvalue weighted by Crippen LogP contribution is 2.38. The van der Waals surface area contributed by atoms with Crippen molar-refractivity contribution in [1.82, 2.24) is 4.90 Å². The lowest BCUT2D eigenvalue weighted by atomic mass is 9.99. The largest absolute Gasteiger partial charge is 0.395 e. The zero-order chi connectivity index (χ0) is 17.3. The van der Waals surface area contributed by atoms with Gasteiger partial charge in [0.25, 0.3) is 0 Å². The van der Waals surface area contributed by atoms with Crippen molar-refractivity contribution in [3.05, 3.63) is 35.4 Å². The number of fused-ring (bicyclic) bond motifs is 1. The molecule has 1 saturated carbocycles. The highest BCUT2D eigenvalue weighted by atomic mass is 19.1. The molecule has 134 valence electrons. The smallest absolute Gasteiger partial charge is 0.126 e. The number of benzene rings is 1. The van der Waals surface area contributed by atoms with Gasteiger partial charge < -0.3 is 16.6 Å². The van der Waals surface area contributed by atoms with E-state index in [1.165, 1.54) is 6.07 Å². The molecule has 1 aliphatic heterocycles. The van der Waals surface area contributed by atoms with Crippen LogP contribution < -0.4 is 11.5 Å². The average molecular weight is 339 g/mol. The van der Waals surface area contributed by atoms with Crippen molar-refractivity contribution in [3.63, 3.8) is 0 Å². The Morgan fingerprint density at radius 2 is 1.88 bits per heavy atom. The molecule has 0 bridgehead atoms. The van der Waals surface area contributed by atoms with Gasteiger partial charge in [-0.3, -0.25) is 4.90 Å². The Labute approximate surface area is 141 Å². The van der Waals surface area contributed by atoms with Crippen LogP contribution >= 0.6 is 0 Å². The summed E-state index contributed by atoms with van der Waals surface area (Å²) < 4.78 is 27.0. The second kappa shape index (κ2) is 7.44. The van der Waals surface area contributed by atoms with E-state index in [0.29, 0.717) is 29.9 Å². The third-order valence-electron chi connectivity index (χ3n) is 5.61. The molecule has 3 rings (SSSR count). The van der Waals surface area contributed by atoms with Crippen LogP contribution in [0.1, 0.15) is 24.8 Å². The molecule has 1 aromatic carbocycles. The zero-order valence-corrected chi connectivity index (χ0v) is 13.9. The van der Waals surface area contributed by atoms with E-state index >= 15 is 0 Å². The summed E-state index contributed by atoms with van der Waals surface area (Å²) in [4.78, 5) is 2.29. The maximum atomic E-state index is 13.7. The van der Waals surface area contributed by atoms with Crippen LogP contribution in [-0.2, 0) is 6.42 Å². The Morgan fingerprint density at radius 3 is 2.50 bits per heavy atom. The van der Waals surface area contributed by atoms with Crippen LogP contribution in [0.15, 0.2) is 18.2 Å². The fourth-order valence-electron chi connectivity index (χ4n) is 4.44. The molecule has 4 unspecified atom stereocenters. The lowest BCUT2D eigenvalue weighted by molar-refractivity contribution is 0.124. The first-order valence-electron chi connectivity index (χ1n) is 8.76. The summed E-state index contributed by atoms with van der Waals surface area (Å²) in [5.41, 5.74) is 12.5. The fourth-order valence-corrected chi connectivity index (χ4v) is 4.44. The van der Waals surface area contributed by atoms with E-state index in [1.54, 1.807) is 0 Å². The summed E-state index contributed by atoms with van der Waals surface area (Å²) >= 11 is 0. The van der Waals surface area contributed by atoms with Gasteiger partial charge in [-0.25, -0.2) is 8.78 Å². The van der Waals surface area contributed by atoms with Crippen LogP contribution in [-0.4, -0.2) is 47.8 Å². The third kappa shape index (κ3) is 3.94. The van der Waals surface area contributed by atoms with Crippen molar-refractivity contribution in [2.24, 2.45) is 23.3 Å². The predicted molar refractivity (Wildman–Crippen MR) is 89.3 cm³/mol. The first-order chi connectivity index (χ1) is 11.5. The Hall–Kier alpha value is -1.08. The van der Waals surface area contributed by atoms with Crippen molar-refractivity contribution in [1.29, 1.82) is 0 Å². The molecule has 24 heavy (non-hydrogen) atoms. The van der Waals surface area contributed by atoms with Gasteiger partial charge in [-0.05, 0) is 61.3 Å². The molecular formula is C18H27F2N3O. The van der Waals surface area contributed by atoms with Gasteiger partial charge in [-0.2, -0.15) is 0 Å². The quantitative estimate of drug-likeness (QED) is 0.729. The molecule has 1 aliphatic carbocycles. The molecule has 2 aliphatic rings. The van der Waals surface area contributed by atoms with Crippen LogP contribution in [0.3, 0.4) is 0 Å². The van der Waals surface area contributed by atoms with Gasteiger partial charge in [0.2, 0.25) is 0 Å². The number of aliphatic hydroxyl groups excluding tert-OH is 1. The first kappa shape index (κ1) is 17.7. The molecule has 0 aromatic heterocycles. The van der Waals surface area contributed by atoms with Crippen LogP contribution in [0, 0.1) is 23.5 Å². The second-order valence-corrected chi connectivity index (χ2v) is 7.48. The number of rotatable bonds is 6. The zero-order valence-electron chi connectivity index (χ0n) is 13.9. The molecule has 1 heterocycles. The van der Waals surface area contributed by atoms with Crippen molar-refractivity contribution in [3.8, 4) is 0 Å². The molecule has 1 aromatic rings. The fraction of sp³-hybridized carbons (Fsp3) is 0.667. The summed E-state index contributed by atoms with van der Waals surface area (Å²) in [5, 5.41) is 9.76. The Morgan fingerprint density at radius 1 is 1.21 bits per heavy atom. The Kier molecular flexibility index (Phi) is 5.49. The monoisotopic (exact) mass is 339 g/mol. The van der Waals surface area contributed by atoms with Crippen LogP contribution in [0.25, 0.3) is 0 Å². The minimum absolute atomic E-state index is 0.0292. The van der Waals surface area contributed by atoms with Gasteiger partial charge >= 0.3 is 0 Å². The van der Waals surface area contributed by atoms with Gasteiger partial charge in [-0.1, -0.05) is 0 Å². The number of hydrogen-bond acceptors (Lipinski definition) is 4. The molecule has 4 atom stereocenters. The molecule has 2 fully saturated rings. The van der Waals surface area contributed by atoms with Crippen LogP contribution in [0.2, 0.25) is 0 Å². The normalized spacial score (nSPS) is 29.6. The van der Waals surface area contributed by atoms with E-state index in [9.17, 15) is 13.9 Å². The SMILES string of the molecule is NC1CC2CN(C(CO)CC(N)Cc3cc(F)ccc3F)CC2C1. The van der Waals surface area contributed by atoms with E-state index in [0.717, 1.165) is 38.1 Å². The van der Waals surface area contributed by atoms with Gasteiger partial charge in [0.1, 0.15) is 11.6 Å². The first-order valence-corrected chi connectivity index (χ1v) is 8.76. The van der Waals surface area contributed by atoms with Gasteiger partial charge in [-0.15, -0.1) is 0 Å². The number of likely N-dealkylation sites (tertiary alicyclic amines) is 1. The van der Waals surface area contributed by atoms with Gasteiger partial charge in [0, 0.05) is 31.2 Å². The number of halogens is 2. The lowest BCUT2D eigenvalue weighted by Crippen LogP contribution is -2.42. The van der Waals surface area contributed by atoms with E-state index in [-0.39, 0.29) is 25.1 Å². The molecular weight excluding hydrogens is 312 g/mol. The molecule has 4 nitrogen and oxygen atoms in total. The predicted octanol–water partition coefficient (Wildman–Crippen LogP) is 1.25. The Bertz CT molecular complexity index is 557. The topological polar surface area (TPSA) is 75.5 Å². The number of hydrogen-bond donors (Lipinski definition) is 3. The minimum atomic E-state index is -0.457. The third-order valence-corrected chi connectivity index (χ3v) is 5.61. The number of nitrogens with zero attached hydrogens (tertiary/aromatic N) is 1. The summed E-state index contributed by atoms with van der Waals surface area (Å²) in [6, 6.07) is 3.40. The lowest BCUT2D eigenvalue weighted by Gasteiger charge is -2.29. The summed E-state index contributed by atoms with van der Waals surface area (Å²) in [6.45, 7) is 1.93. The summed E-state index contributed by atoms with van der Waals surface area (Å²) in [5.74, 6) is 0.343. The molecule has 6 heteroatoms.